The first-order valence-electron chi connectivity index (χ1n) is 15.9. The maximum atomic E-state index is 12.4. The smallest absolute Gasteiger partial charge is 0.303 e. The first kappa shape index (κ1) is 33.0. The molecule has 1 heterocycles. The number of carbonyl (C=O) groups is 2. The van der Waals surface area contributed by atoms with Crippen LogP contribution in [0.5, 0.6) is 0 Å². The van der Waals surface area contributed by atoms with Crippen molar-refractivity contribution in [2.24, 2.45) is 0 Å². The van der Waals surface area contributed by atoms with Crippen LogP contribution in [-0.2, 0) is 38.8 Å². The zero-order valence-electron chi connectivity index (χ0n) is 26.0. The maximum absolute atomic E-state index is 12.4. The Morgan fingerprint density at radius 3 is 1.89 bits per heavy atom. The van der Waals surface area contributed by atoms with Gasteiger partial charge in [-0.2, -0.15) is 0 Å². The average Bonchev–Trinajstić information content (AvgIpc) is 3.08. The first-order chi connectivity index (χ1) is 22.4. The minimum Gasteiger partial charge on any atom is -0.481 e. The number of aliphatic hydroxyl groups excluding tert-OH is 1. The molecule has 1 fully saturated rings. The summed E-state index contributed by atoms with van der Waals surface area (Å²) < 4.78 is 13.2. The largest absolute Gasteiger partial charge is 0.481 e. The van der Waals surface area contributed by atoms with E-state index in [4.69, 9.17) is 14.6 Å². The Hall–Kier alpha value is -4.34. The van der Waals surface area contributed by atoms with E-state index < -0.39 is 12.3 Å². The molecule has 5 rings (SSSR count). The molecule has 0 bridgehead atoms. The third kappa shape index (κ3) is 10.1. The number of unbranched alkanes of at least 4 members (excludes halogenated alkanes) is 1. The van der Waals surface area contributed by atoms with Crippen LogP contribution in [0.3, 0.4) is 0 Å². The van der Waals surface area contributed by atoms with Crippen molar-refractivity contribution in [3.8, 4) is 0 Å². The van der Waals surface area contributed by atoms with E-state index in [2.05, 4.69) is 58.7 Å². The average molecular weight is 623 g/mol. The van der Waals surface area contributed by atoms with E-state index in [1.54, 1.807) is 0 Å². The molecule has 1 saturated heterocycles. The highest BCUT2D eigenvalue weighted by atomic mass is 16.7. The van der Waals surface area contributed by atoms with Gasteiger partial charge in [-0.15, -0.1) is 0 Å². The number of carbonyl (C=O) groups excluding carboxylic acids is 1. The van der Waals surface area contributed by atoms with Gasteiger partial charge < -0.3 is 25.0 Å². The number of ether oxygens (including phenoxy) is 2. The fourth-order valence-corrected chi connectivity index (χ4v) is 5.70. The standard InChI is InChI=1S/C38H42N2O6/c41-27-30-15-17-31(18-16-30)35-23-34(26-40(24-28-9-3-1-4-10-28)25-29-11-5-2-6-12-29)45-38(46-35)32-19-21-33(22-20-32)39-36(42)13-7-8-14-37(43)44/h1-6,9-12,15-22,34-35,38,41H,7-8,13-14,23-27H2,(H,39,42)(H,43,44)/t34-,35+,38+/m0/s1. The fraction of sp³-hybridized carbons (Fsp3) is 0.316. The normalized spacial score (nSPS) is 17.9. The molecule has 8 heteroatoms. The van der Waals surface area contributed by atoms with Crippen molar-refractivity contribution in [3.63, 3.8) is 0 Å². The van der Waals surface area contributed by atoms with E-state index in [1.165, 1.54) is 11.1 Å². The number of hydrogen-bond acceptors (Lipinski definition) is 6. The van der Waals surface area contributed by atoms with Crippen LogP contribution >= 0.6 is 0 Å². The summed E-state index contributed by atoms with van der Waals surface area (Å²) in [6, 6.07) is 36.3. The number of nitrogens with one attached hydrogen (secondary N) is 1. The molecule has 240 valence electrons. The third-order valence-corrected chi connectivity index (χ3v) is 8.09. The van der Waals surface area contributed by atoms with Gasteiger partial charge in [-0.05, 0) is 47.2 Å². The fourth-order valence-electron chi connectivity index (χ4n) is 5.70. The number of aliphatic carboxylic acids is 1. The van der Waals surface area contributed by atoms with Crippen LogP contribution in [0.15, 0.2) is 109 Å². The number of hydrogen-bond donors (Lipinski definition) is 3. The number of rotatable bonds is 15. The number of benzene rings is 4. The lowest BCUT2D eigenvalue weighted by Crippen LogP contribution is -2.39. The second-order valence-corrected chi connectivity index (χ2v) is 11.8. The van der Waals surface area contributed by atoms with Gasteiger partial charge in [-0.3, -0.25) is 14.5 Å². The van der Waals surface area contributed by atoms with E-state index in [9.17, 15) is 14.7 Å². The van der Waals surface area contributed by atoms with Crippen molar-refractivity contribution >= 4 is 17.6 Å². The van der Waals surface area contributed by atoms with Crippen LogP contribution in [0.2, 0.25) is 0 Å². The lowest BCUT2D eigenvalue weighted by atomic mass is 9.99. The van der Waals surface area contributed by atoms with Crippen molar-refractivity contribution in [2.75, 3.05) is 11.9 Å². The predicted molar refractivity (Wildman–Crippen MR) is 177 cm³/mol. The quantitative estimate of drug-likeness (QED) is 0.122. The number of carboxylic acids is 1. The van der Waals surface area contributed by atoms with Crippen molar-refractivity contribution in [2.45, 2.75) is 70.3 Å². The lowest BCUT2D eigenvalue weighted by Gasteiger charge is -2.38. The molecule has 3 N–H and O–H groups in total. The molecule has 0 unspecified atom stereocenters. The minimum absolute atomic E-state index is 0.0146. The van der Waals surface area contributed by atoms with Crippen LogP contribution in [0.4, 0.5) is 5.69 Å². The molecule has 46 heavy (non-hydrogen) atoms. The van der Waals surface area contributed by atoms with Gasteiger partial charge in [0.25, 0.3) is 0 Å². The van der Waals surface area contributed by atoms with Gasteiger partial charge in [0.05, 0.1) is 18.8 Å². The molecule has 4 aromatic carbocycles. The summed E-state index contributed by atoms with van der Waals surface area (Å²) in [7, 11) is 0. The SMILES string of the molecule is O=C(O)CCCCC(=O)Nc1ccc([C@@H]2O[C@H](CN(Cc3ccccc3)Cc3ccccc3)C[C@H](c3ccc(CO)cc3)O2)cc1. The van der Waals surface area contributed by atoms with E-state index in [-0.39, 0.29) is 37.6 Å². The highest BCUT2D eigenvalue weighted by molar-refractivity contribution is 5.90. The van der Waals surface area contributed by atoms with E-state index >= 15 is 0 Å². The number of amides is 1. The Kier molecular flexibility index (Phi) is 12.1. The van der Waals surface area contributed by atoms with Crippen molar-refractivity contribution in [3.05, 3.63) is 137 Å². The molecule has 0 saturated carbocycles. The Morgan fingerprint density at radius 1 is 0.717 bits per heavy atom. The van der Waals surface area contributed by atoms with Crippen LogP contribution < -0.4 is 5.32 Å². The Morgan fingerprint density at radius 2 is 1.30 bits per heavy atom. The first-order valence-corrected chi connectivity index (χ1v) is 15.9. The summed E-state index contributed by atoms with van der Waals surface area (Å²) in [6.07, 6.45) is 1.04. The molecule has 1 aliphatic heterocycles. The number of carboxylic acid groups (broad SMARTS) is 1. The van der Waals surface area contributed by atoms with Gasteiger partial charge in [0, 0.05) is 50.1 Å². The van der Waals surface area contributed by atoms with Crippen molar-refractivity contribution in [1.29, 1.82) is 0 Å². The zero-order valence-corrected chi connectivity index (χ0v) is 26.0. The molecule has 0 radical (unpaired) electrons. The molecule has 0 spiro atoms. The number of nitrogens with zero attached hydrogens (tertiary/aromatic N) is 1. The van der Waals surface area contributed by atoms with Gasteiger partial charge in [-0.25, -0.2) is 0 Å². The van der Waals surface area contributed by atoms with Crippen LogP contribution in [0, 0.1) is 0 Å². The lowest BCUT2D eigenvalue weighted by molar-refractivity contribution is -0.253. The summed E-state index contributed by atoms with van der Waals surface area (Å²) in [5, 5.41) is 21.2. The summed E-state index contributed by atoms with van der Waals surface area (Å²) >= 11 is 0. The Balaban J connectivity index is 1.31. The summed E-state index contributed by atoms with van der Waals surface area (Å²) in [4.78, 5) is 25.5. The van der Waals surface area contributed by atoms with E-state index in [1.807, 2.05) is 60.7 Å². The maximum Gasteiger partial charge on any atom is 0.303 e. The van der Waals surface area contributed by atoms with Gasteiger partial charge >= 0.3 is 5.97 Å². The molecule has 0 aromatic heterocycles. The van der Waals surface area contributed by atoms with Gasteiger partial charge in [0.1, 0.15) is 0 Å². The molecule has 8 nitrogen and oxygen atoms in total. The monoisotopic (exact) mass is 622 g/mol. The van der Waals surface area contributed by atoms with E-state index in [0.717, 1.165) is 29.8 Å². The third-order valence-electron chi connectivity index (χ3n) is 8.09. The molecule has 1 amide bonds. The topological polar surface area (TPSA) is 108 Å². The summed E-state index contributed by atoms with van der Waals surface area (Å²) in [5.41, 5.74) is 5.85. The molecule has 4 aromatic rings. The molecular formula is C38H42N2O6. The highest BCUT2D eigenvalue weighted by Crippen LogP contribution is 2.38. The van der Waals surface area contributed by atoms with Gasteiger partial charge in [0.15, 0.2) is 6.29 Å². The second kappa shape index (κ2) is 16.8. The minimum atomic E-state index is -0.852. The molecule has 1 aliphatic rings. The molecular weight excluding hydrogens is 580 g/mol. The van der Waals surface area contributed by atoms with Gasteiger partial charge in [0.2, 0.25) is 5.91 Å². The van der Waals surface area contributed by atoms with Gasteiger partial charge in [-0.1, -0.05) is 97.1 Å². The predicted octanol–water partition coefficient (Wildman–Crippen LogP) is 7.01. The van der Waals surface area contributed by atoms with E-state index in [0.29, 0.717) is 31.5 Å². The highest BCUT2D eigenvalue weighted by Gasteiger charge is 2.33. The van der Waals surface area contributed by atoms with Crippen molar-refractivity contribution < 1.29 is 29.3 Å². The zero-order chi connectivity index (χ0) is 32.1. The number of anilines is 1. The Labute approximate surface area is 270 Å². The molecule has 3 atom stereocenters. The summed E-state index contributed by atoms with van der Waals surface area (Å²) in [5.74, 6) is -0.999. The van der Waals surface area contributed by atoms with Crippen LogP contribution in [0.25, 0.3) is 0 Å². The van der Waals surface area contributed by atoms with Crippen LogP contribution in [0.1, 0.15) is 72.3 Å². The second-order valence-electron chi connectivity index (χ2n) is 11.8. The summed E-state index contributed by atoms with van der Waals surface area (Å²) in [6.45, 7) is 2.24. The van der Waals surface area contributed by atoms with Crippen molar-refractivity contribution in [1.82, 2.24) is 4.90 Å². The Bertz CT molecular complexity index is 1470. The van der Waals surface area contributed by atoms with Crippen LogP contribution in [-0.4, -0.2) is 39.6 Å². The molecule has 0 aliphatic carbocycles. The number of aliphatic hydroxyl groups is 1.